The molecule has 1 N–H and O–H groups in total. The van der Waals surface area contributed by atoms with Crippen molar-refractivity contribution in [3.8, 4) is 0 Å². The van der Waals surface area contributed by atoms with Crippen molar-refractivity contribution in [1.29, 1.82) is 0 Å². The smallest absolute Gasteiger partial charge is 0.230 e. The van der Waals surface area contributed by atoms with Crippen LogP contribution >= 0.6 is 0 Å². The van der Waals surface area contributed by atoms with Crippen LogP contribution in [0.25, 0.3) is 5.52 Å². The summed E-state index contributed by atoms with van der Waals surface area (Å²) in [5.74, 6) is -0.133. The summed E-state index contributed by atoms with van der Waals surface area (Å²) in [4.78, 5) is 6.48. The zero-order valence-electron chi connectivity index (χ0n) is 14.2. The largest absolute Gasteiger partial charge is 0.477 e. The van der Waals surface area contributed by atoms with Gasteiger partial charge in [0.15, 0.2) is 6.17 Å². The molecule has 0 bridgehead atoms. The molecule has 25 heavy (non-hydrogen) atoms. The Bertz CT molecular complexity index is 809. The van der Waals surface area contributed by atoms with Crippen molar-refractivity contribution in [2.75, 3.05) is 19.7 Å². The van der Waals surface area contributed by atoms with E-state index in [1.165, 1.54) is 6.21 Å². The van der Waals surface area contributed by atoms with Gasteiger partial charge in [0, 0.05) is 24.3 Å². The third kappa shape index (κ3) is 2.89. The van der Waals surface area contributed by atoms with E-state index in [1.807, 2.05) is 46.9 Å². The van der Waals surface area contributed by atoms with E-state index in [-0.39, 0.29) is 18.1 Å². The standard InChI is InChI=1S/C18H22FN5O/c1-2-25-18-15(19)12-21-17(24(18)13-6-5-8-20-10-13)14-11-22-23-9-4-3-7-16(14)23/h3-4,7,9,11-13,17,20H,2,5-6,8,10H2,1H3/t13-,17?/m1/s1. The van der Waals surface area contributed by atoms with Crippen molar-refractivity contribution in [2.24, 2.45) is 4.99 Å². The minimum absolute atomic E-state index is 0.127. The number of halogens is 1. The van der Waals surface area contributed by atoms with Crippen molar-refractivity contribution in [3.63, 3.8) is 0 Å². The average molecular weight is 343 g/mol. The van der Waals surface area contributed by atoms with Crippen LogP contribution in [0.3, 0.4) is 0 Å². The normalized spacial score (nSPS) is 24.2. The second-order valence-corrected chi connectivity index (χ2v) is 6.28. The highest BCUT2D eigenvalue weighted by molar-refractivity contribution is 5.78. The number of fused-ring (bicyclic) bond motifs is 1. The molecule has 1 saturated heterocycles. The van der Waals surface area contributed by atoms with Gasteiger partial charge in [-0.1, -0.05) is 6.07 Å². The van der Waals surface area contributed by atoms with Crippen LogP contribution in [0.1, 0.15) is 31.5 Å². The topological polar surface area (TPSA) is 54.2 Å². The lowest BCUT2D eigenvalue weighted by Crippen LogP contribution is -2.48. The van der Waals surface area contributed by atoms with Crippen LogP contribution < -0.4 is 5.32 Å². The summed E-state index contributed by atoms with van der Waals surface area (Å²) >= 11 is 0. The predicted molar refractivity (Wildman–Crippen MR) is 93.9 cm³/mol. The number of nitrogens with one attached hydrogen (secondary N) is 1. The Labute approximate surface area is 146 Å². The van der Waals surface area contributed by atoms with Gasteiger partial charge in [-0.05, 0) is 38.4 Å². The van der Waals surface area contributed by atoms with E-state index in [9.17, 15) is 4.39 Å². The summed E-state index contributed by atoms with van der Waals surface area (Å²) < 4.78 is 22.0. The lowest BCUT2D eigenvalue weighted by atomic mass is 10.0. The fourth-order valence-corrected chi connectivity index (χ4v) is 3.60. The molecule has 2 aliphatic heterocycles. The molecule has 4 heterocycles. The molecular formula is C18H22FN5O. The third-order valence-electron chi connectivity index (χ3n) is 4.71. The third-order valence-corrected chi connectivity index (χ3v) is 4.71. The van der Waals surface area contributed by atoms with Crippen LogP contribution in [-0.2, 0) is 4.74 Å². The molecule has 0 saturated carbocycles. The van der Waals surface area contributed by atoms with Crippen LogP contribution in [0, 0.1) is 0 Å². The minimum atomic E-state index is -0.417. The Kier molecular flexibility index (Phi) is 4.40. The maximum Gasteiger partial charge on any atom is 0.230 e. The van der Waals surface area contributed by atoms with Crippen molar-refractivity contribution < 1.29 is 9.13 Å². The highest BCUT2D eigenvalue weighted by Gasteiger charge is 2.36. The molecule has 0 amide bonds. The molecular weight excluding hydrogens is 321 g/mol. The molecule has 1 fully saturated rings. The average Bonchev–Trinajstić information content (AvgIpc) is 3.08. The van der Waals surface area contributed by atoms with Gasteiger partial charge in [-0.15, -0.1) is 0 Å². The number of allylic oxidation sites excluding steroid dienone is 1. The van der Waals surface area contributed by atoms with Gasteiger partial charge in [-0.2, -0.15) is 9.49 Å². The number of piperidine rings is 1. The van der Waals surface area contributed by atoms with E-state index in [2.05, 4.69) is 15.4 Å². The number of nitrogens with zero attached hydrogens (tertiary/aromatic N) is 4. The van der Waals surface area contributed by atoms with Gasteiger partial charge >= 0.3 is 0 Å². The van der Waals surface area contributed by atoms with E-state index < -0.39 is 5.83 Å². The summed E-state index contributed by atoms with van der Waals surface area (Å²) in [7, 11) is 0. The van der Waals surface area contributed by atoms with Crippen LogP contribution in [-0.4, -0.2) is 46.5 Å². The number of rotatable bonds is 4. The Morgan fingerprint density at radius 2 is 2.32 bits per heavy atom. The SMILES string of the molecule is CCOC1=C(F)C=NC(c2cnn3ccccc23)N1[C@@H]1CCCNC1. The highest BCUT2D eigenvalue weighted by Crippen LogP contribution is 2.36. The Balaban J connectivity index is 1.78. The Morgan fingerprint density at radius 1 is 1.40 bits per heavy atom. The molecule has 1 unspecified atom stereocenters. The van der Waals surface area contributed by atoms with Crippen LogP contribution in [0.15, 0.2) is 47.3 Å². The highest BCUT2D eigenvalue weighted by atomic mass is 19.1. The van der Waals surface area contributed by atoms with Crippen LogP contribution in [0.4, 0.5) is 4.39 Å². The number of aromatic nitrogens is 2. The number of ether oxygens (including phenoxy) is 1. The quantitative estimate of drug-likeness (QED) is 0.927. The van der Waals surface area contributed by atoms with Gasteiger partial charge < -0.3 is 15.0 Å². The second kappa shape index (κ2) is 6.84. The molecule has 0 radical (unpaired) electrons. The zero-order valence-corrected chi connectivity index (χ0v) is 14.2. The van der Waals surface area contributed by atoms with E-state index in [1.54, 1.807) is 0 Å². The van der Waals surface area contributed by atoms with Crippen molar-refractivity contribution >= 4 is 11.7 Å². The molecule has 2 aromatic heterocycles. The van der Waals surface area contributed by atoms with Gasteiger partial charge in [0.25, 0.3) is 0 Å². The van der Waals surface area contributed by atoms with E-state index in [0.717, 1.165) is 37.0 Å². The number of hydrogen-bond acceptors (Lipinski definition) is 5. The summed E-state index contributed by atoms with van der Waals surface area (Å²) in [5, 5.41) is 7.81. The predicted octanol–water partition coefficient (Wildman–Crippen LogP) is 2.65. The molecule has 0 spiro atoms. The maximum atomic E-state index is 14.5. The lowest BCUT2D eigenvalue weighted by Gasteiger charge is -2.41. The molecule has 7 heteroatoms. The first-order valence-corrected chi connectivity index (χ1v) is 8.76. The molecule has 2 atom stereocenters. The van der Waals surface area contributed by atoms with Gasteiger partial charge in [-0.25, -0.2) is 4.52 Å². The van der Waals surface area contributed by atoms with Gasteiger partial charge in [-0.3, -0.25) is 4.99 Å². The molecule has 0 aliphatic carbocycles. The van der Waals surface area contributed by atoms with Gasteiger partial charge in [0.2, 0.25) is 11.7 Å². The first-order chi connectivity index (χ1) is 12.3. The Hall–Kier alpha value is -2.41. The van der Waals surface area contributed by atoms with E-state index in [0.29, 0.717) is 6.61 Å². The first kappa shape index (κ1) is 16.1. The molecule has 6 nitrogen and oxygen atoms in total. The summed E-state index contributed by atoms with van der Waals surface area (Å²) in [5.41, 5.74) is 1.92. The number of hydrogen-bond donors (Lipinski definition) is 1. The zero-order chi connectivity index (χ0) is 17.2. The fourth-order valence-electron chi connectivity index (χ4n) is 3.60. The summed E-state index contributed by atoms with van der Waals surface area (Å²) in [6.45, 7) is 4.06. The van der Waals surface area contributed by atoms with Crippen LogP contribution in [0.2, 0.25) is 0 Å². The fraction of sp³-hybridized carbons (Fsp3) is 0.444. The molecule has 2 aromatic rings. The summed E-state index contributed by atoms with van der Waals surface area (Å²) in [6.07, 6.45) is 6.67. The van der Waals surface area contributed by atoms with Crippen LogP contribution in [0.5, 0.6) is 0 Å². The summed E-state index contributed by atoms with van der Waals surface area (Å²) in [6, 6.07) is 6.04. The van der Waals surface area contributed by atoms with E-state index in [4.69, 9.17) is 4.74 Å². The number of pyridine rings is 1. The number of aliphatic imine (C=N–C) groups is 1. The van der Waals surface area contributed by atoms with Gasteiger partial charge in [0.1, 0.15) is 0 Å². The van der Waals surface area contributed by atoms with Crippen molar-refractivity contribution in [1.82, 2.24) is 19.8 Å². The molecule has 0 aromatic carbocycles. The van der Waals surface area contributed by atoms with E-state index >= 15 is 0 Å². The van der Waals surface area contributed by atoms with Gasteiger partial charge in [0.05, 0.1) is 24.5 Å². The molecule has 4 rings (SSSR count). The van der Waals surface area contributed by atoms with Crippen molar-refractivity contribution in [3.05, 3.63) is 47.9 Å². The lowest BCUT2D eigenvalue weighted by molar-refractivity contribution is 0.0424. The molecule has 2 aliphatic rings. The van der Waals surface area contributed by atoms with Crippen molar-refractivity contribution in [2.45, 2.75) is 32.0 Å². The second-order valence-electron chi connectivity index (χ2n) is 6.28. The Morgan fingerprint density at radius 3 is 3.12 bits per heavy atom. The first-order valence-electron chi connectivity index (χ1n) is 8.76. The monoisotopic (exact) mass is 343 g/mol. The molecule has 132 valence electrons. The minimum Gasteiger partial charge on any atom is -0.477 e. The maximum absolute atomic E-state index is 14.5.